The summed E-state index contributed by atoms with van der Waals surface area (Å²) in [6, 6.07) is 22.0. The van der Waals surface area contributed by atoms with Gasteiger partial charge in [0.2, 0.25) is 10.0 Å². The van der Waals surface area contributed by atoms with Gasteiger partial charge in [0.25, 0.3) is 5.91 Å². The number of piperidine rings is 2. The molecule has 0 spiro atoms. The van der Waals surface area contributed by atoms with Crippen LogP contribution in [0, 0.1) is 34.6 Å². The Morgan fingerprint density at radius 3 is 2.12 bits per heavy atom. The summed E-state index contributed by atoms with van der Waals surface area (Å²) >= 11 is 0. The molecule has 3 aliphatic heterocycles. The molecule has 0 bridgehead atoms. The van der Waals surface area contributed by atoms with Crippen molar-refractivity contribution < 1.29 is 35.6 Å². The number of anilines is 1. The van der Waals surface area contributed by atoms with Gasteiger partial charge in [-0.05, 0) is 117 Å². The molecule has 4 aromatic carbocycles. The standard InChI is InChI=1S/C44H46F4N6O4S/c45-34-6-3-5-33(25-34)44(16-23-52(24-17-44)42(55)38-27-41(40(48)28-39(38)47)59(57,58)53-18-1-2-19-53)15-22-51-20-13-36(14-21-51)54(37-8-4-7-35(46)26-37)43(56)50-30-32-11-9-31(29-49)10-12-32/h3-12,25-28,36H,1-2,13-24,30H2,(H,50,56). The Hall–Kier alpha value is -5.30. The van der Waals surface area contributed by atoms with Crippen LogP contribution in [0.1, 0.15) is 72.0 Å². The highest BCUT2D eigenvalue weighted by molar-refractivity contribution is 7.89. The van der Waals surface area contributed by atoms with E-state index in [0.717, 1.165) is 21.5 Å². The van der Waals surface area contributed by atoms with Crippen molar-refractivity contribution in [2.45, 2.75) is 67.8 Å². The van der Waals surface area contributed by atoms with Gasteiger partial charge in [-0.15, -0.1) is 0 Å². The molecule has 0 saturated carbocycles. The Morgan fingerprint density at radius 1 is 0.814 bits per heavy atom. The fourth-order valence-electron chi connectivity index (χ4n) is 8.62. The molecule has 59 heavy (non-hydrogen) atoms. The molecular weight excluding hydrogens is 785 g/mol. The van der Waals surface area contributed by atoms with Crippen LogP contribution in [0.2, 0.25) is 0 Å². The molecule has 10 nitrogen and oxygen atoms in total. The minimum Gasteiger partial charge on any atom is -0.338 e. The molecule has 0 aliphatic carbocycles. The first-order valence-electron chi connectivity index (χ1n) is 20.0. The number of nitrogens with zero attached hydrogens (tertiary/aromatic N) is 5. The minimum atomic E-state index is -4.26. The van der Waals surface area contributed by atoms with Crippen LogP contribution in [0.15, 0.2) is 89.8 Å². The molecule has 3 aliphatic rings. The molecule has 3 amide bonds. The molecule has 0 unspecified atom stereocenters. The lowest BCUT2D eigenvalue weighted by Gasteiger charge is -2.44. The monoisotopic (exact) mass is 830 g/mol. The van der Waals surface area contributed by atoms with E-state index in [1.165, 1.54) is 29.2 Å². The first-order valence-corrected chi connectivity index (χ1v) is 21.4. The highest BCUT2D eigenvalue weighted by atomic mass is 32.2. The fraction of sp³-hybridized carbons (Fsp3) is 0.386. The average molecular weight is 831 g/mol. The number of nitrogens with one attached hydrogen (secondary N) is 1. The number of carbonyl (C=O) groups is 2. The van der Waals surface area contributed by atoms with Crippen LogP contribution in [-0.2, 0) is 22.0 Å². The van der Waals surface area contributed by atoms with Gasteiger partial charge in [0, 0.05) is 63.6 Å². The number of hydrogen-bond donors (Lipinski definition) is 1. The molecule has 0 radical (unpaired) electrons. The van der Waals surface area contributed by atoms with Crippen molar-refractivity contribution >= 4 is 27.6 Å². The van der Waals surface area contributed by atoms with E-state index in [-0.39, 0.29) is 44.8 Å². The summed E-state index contributed by atoms with van der Waals surface area (Å²) in [5.41, 5.74) is 1.49. The number of urea groups is 1. The van der Waals surface area contributed by atoms with Crippen molar-refractivity contribution in [3.05, 3.63) is 130 Å². The maximum atomic E-state index is 15.2. The number of hydrogen-bond acceptors (Lipinski definition) is 6. The number of benzene rings is 4. The van der Waals surface area contributed by atoms with E-state index in [9.17, 15) is 31.2 Å². The van der Waals surface area contributed by atoms with Crippen molar-refractivity contribution in [3.63, 3.8) is 0 Å². The largest absolute Gasteiger partial charge is 0.338 e. The summed E-state index contributed by atoms with van der Waals surface area (Å²) in [5, 5.41) is 12.1. The zero-order chi connectivity index (χ0) is 41.7. The van der Waals surface area contributed by atoms with Crippen molar-refractivity contribution in [2.75, 3.05) is 50.7 Å². The maximum Gasteiger partial charge on any atom is 0.322 e. The smallest absolute Gasteiger partial charge is 0.322 e. The number of rotatable bonds is 11. The van der Waals surface area contributed by atoms with Crippen LogP contribution >= 0.6 is 0 Å². The second-order valence-corrected chi connectivity index (χ2v) is 17.5. The molecule has 4 aromatic rings. The summed E-state index contributed by atoms with van der Waals surface area (Å²) in [6.07, 6.45) is 3.93. The highest BCUT2D eigenvalue weighted by Gasteiger charge is 2.40. The number of likely N-dealkylation sites (tertiary alicyclic amines) is 2. The fourth-order valence-corrected chi connectivity index (χ4v) is 10.2. The van der Waals surface area contributed by atoms with E-state index in [4.69, 9.17) is 5.26 Å². The maximum absolute atomic E-state index is 15.2. The van der Waals surface area contributed by atoms with Crippen LogP contribution < -0.4 is 10.2 Å². The molecule has 0 aromatic heterocycles. The molecular formula is C44H46F4N6O4S. The van der Waals surface area contributed by atoms with Gasteiger partial charge in [-0.2, -0.15) is 9.57 Å². The Morgan fingerprint density at radius 2 is 1.47 bits per heavy atom. The summed E-state index contributed by atoms with van der Waals surface area (Å²) < 4.78 is 86.7. The zero-order valence-electron chi connectivity index (χ0n) is 32.6. The van der Waals surface area contributed by atoms with Gasteiger partial charge in [-0.1, -0.05) is 30.3 Å². The van der Waals surface area contributed by atoms with Crippen LogP contribution in [-0.4, -0.2) is 86.3 Å². The number of halogens is 4. The van der Waals surface area contributed by atoms with Gasteiger partial charge in [0.1, 0.15) is 28.2 Å². The summed E-state index contributed by atoms with van der Waals surface area (Å²) in [6.45, 7) is 2.94. The molecule has 15 heteroatoms. The second-order valence-electron chi connectivity index (χ2n) is 15.6. The Kier molecular flexibility index (Phi) is 12.7. The number of sulfonamides is 1. The lowest BCUT2D eigenvalue weighted by atomic mass is 9.70. The Bertz CT molecular complexity index is 2320. The van der Waals surface area contributed by atoms with E-state index in [1.807, 2.05) is 6.07 Å². The van der Waals surface area contributed by atoms with E-state index in [1.54, 1.807) is 47.4 Å². The zero-order valence-corrected chi connectivity index (χ0v) is 33.4. The van der Waals surface area contributed by atoms with E-state index in [2.05, 4.69) is 16.3 Å². The second kappa shape index (κ2) is 17.9. The molecule has 1 N–H and O–H groups in total. The third kappa shape index (κ3) is 9.30. The molecule has 310 valence electrons. The molecule has 7 rings (SSSR count). The minimum absolute atomic E-state index is 0.183. The number of amides is 3. The number of nitriles is 1. The lowest BCUT2D eigenvalue weighted by molar-refractivity contribution is 0.0639. The van der Waals surface area contributed by atoms with Crippen molar-refractivity contribution in [1.82, 2.24) is 19.4 Å². The molecule has 3 fully saturated rings. The first-order chi connectivity index (χ1) is 28.4. The van der Waals surface area contributed by atoms with E-state index >= 15 is 4.39 Å². The van der Waals surface area contributed by atoms with Gasteiger partial charge in [0.15, 0.2) is 0 Å². The SMILES string of the molecule is N#Cc1ccc(CNC(=O)N(c2cccc(F)c2)C2CCN(CCC3(c4cccc(F)c4)CCN(C(=O)c4cc(S(=O)(=O)N5CCCC5)c(F)cc4F)CC3)CC2)cc1. The average Bonchev–Trinajstić information content (AvgIpc) is 3.80. The Labute approximate surface area is 342 Å². The van der Waals surface area contributed by atoms with E-state index < -0.39 is 55.1 Å². The molecule has 3 heterocycles. The van der Waals surface area contributed by atoms with Gasteiger partial charge >= 0.3 is 6.03 Å². The summed E-state index contributed by atoms with van der Waals surface area (Å²) in [7, 11) is -4.26. The third-order valence-corrected chi connectivity index (χ3v) is 14.0. The topological polar surface area (TPSA) is 117 Å². The first kappa shape index (κ1) is 41.8. The van der Waals surface area contributed by atoms with Gasteiger partial charge in [-0.3, -0.25) is 9.69 Å². The number of carbonyl (C=O) groups excluding carboxylic acids is 2. The normalized spacial score (nSPS) is 17.7. The van der Waals surface area contributed by atoms with Crippen LogP contribution in [0.5, 0.6) is 0 Å². The molecule has 3 saturated heterocycles. The van der Waals surface area contributed by atoms with Gasteiger partial charge < -0.3 is 15.1 Å². The van der Waals surface area contributed by atoms with Crippen molar-refractivity contribution in [2.24, 2.45) is 0 Å². The van der Waals surface area contributed by atoms with Crippen LogP contribution in [0.25, 0.3) is 0 Å². The Balaban J connectivity index is 1.02. The van der Waals surface area contributed by atoms with Gasteiger partial charge in [0.05, 0.1) is 17.2 Å². The predicted octanol–water partition coefficient (Wildman–Crippen LogP) is 7.34. The molecule has 0 atom stereocenters. The highest BCUT2D eigenvalue weighted by Crippen LogP contribution is 2.40. The lowest BCUT2D eigenvalue weighted by Crippen LogP contribution is -2.52. The van der Waals surface area contributed by atoms with Crippen molar-refractivity contribution in [3.8, 4) is 6.07 Å². The summed E-state index contributed by atoms with van der Waals surface area (Å²) in [4.78, 5) is 32.1. The van der Waals surface area contributed by atoms with Crippen LogP contribution in [0.4, 0.5) is 28.0 Å². The predicted molar refractivity (Wildman–Crippen MR) is 214 cm³/mol. The van der Waals surface area contributed by atoms with Gasteiger partial charge in [-0.25, -0.2) is 30.8 Å². The van der Waals surface area contributed by atoms with Crippen molar-refractivity contribution in [1.29, 1.82) is 5.26 Å². The summed E-state index contributed by atoms with van der Waals surface area (Å²) in [5.74, 6) is -3.98. The quantitative estimate of drug-likeness (QED) is 0.158. The van der Waals surface area contributed by atoms with Crippen LogP contribution in [0.3, 0.4) is 0 Å². The third-order valence-electron chi connectivity index (χ3n) is 12.0. The van der Waals surface area contributed by atoms with E-state index in [0.29, 0.717) is 81.9 Å².